The Bertz CT molecular complexity index is 1080. The topological polar surface area (TPSA) is 84.1 Å². The van der Waals surface area contributed by atoms with Crippen molar-refractivity contribution < 1.29 is 4.79 Å². The number of amides is 1. The Kier molecular flexibility index (Phi) is 5.40. The third-order valence-corrected chi connectivity index (χ3v) is 7.27. The molecule has 0 radical (unpaired) electrons. The van der Waals surface area contributed by atoms with Gasteiger partial charge in [0.25, 0.3) is 0 Å². The molecular formula is C23H29N5OS. The van der Waals surface area contributed by atoms with Crippen LogP contribution in [0.1, 0.15) is 42.7 Å². The molecule has 1 amide bonds. The van der Waals surface area contributed by atoms with E-state index in [1.807, 2.05) is 38.1 Å². The molecule has 6 nitrogen and oxygen atoms in total. The Morgan fingerprint density at radius 3 is 2.67 bits per heavy atom. The van der Waals surface area contributed by atoms with Gasteiger partial charge in [-0.25, -0.2) is 9.97 Å². The molecule has 4 rings (SSSR count). The number of hydrogen-bond acceptors (Lipinski definition) is 6. The van der Waals surface area contributed by atoms with E-state index >= 15 is 0 Å². The van der Waals surface area contributed by atoms with Gasteiger partial charge in [-0.2, -0.15) is 0 Å². The van der Waals surface area contributed by atoms with Crippen LogP contribution in [-0.4, -0.2) is 29.0 Å². The zero-order valence-corrected chi connectivity index (χ0v) is 18.8. The van der Waals surface area contributed by atoms with Gasteiger partial charge in [-0.05, 0) is 63.8 Å². The van der Waals surface area contributed by atoms with E-state index in [0.717, 1.165) is 47.5 Å². The highest BCUT2D eigenvalue weighted by Gasteiger charge is 2.31. The Morgan fingerprint density at radius 2 is 1.97 bits per heavy atom. The number of fused-ring (bicyclic) bond motifs is 1. The summed E-state index contributed by atoms with van der Waals surface area (Å²) in [5.74, 6) is 1.11. The molecule has 7 heteroatoms. The van der Waals surface area contributed by atoms with Gasteiger partial charge in [0.15, 0.2) is 0 Å². The Morgan fingerprint density at radius 1 is 1.23 bits per heavy atom. The number of thiophene rings is 1. The smallest absolute Gasteiger partial charge is 0.223 e. The van der Waals surface area contributed by atoms with Gasteiger partial charge in [-0.15, -0.1) is 11.3 Å². The number of nitrogen functional groups attached to an aromatic ring is 1. The average Bonchev–Trinajstić information content (AvgIpc) is 3.02. The average molecular weight is 424 g/mol. The van der Waals surface area contributed by atoms with E-state index in [4.69, 9.17) is 5.73 Å². The first-order valence-electron chi connectivity index (χ1n) is 10.4. The monoisotopic (exact) mass is 423 g/mol. The van der Waals surface area contributed by atoms with Crippen LogP contribution < -0.4 is 16.0 Å². The predicted molar refractivity (Wildman–Crippen MR) is 124 cm³/mol. The van der Waals surface area contributed by atoms with Gasteiger partial charge in [-0.3, -0.25) is 4.79 Å². The number of anilines is 2. The van der Waals surface area contributed by atoms with Gasteiger partial charge in [0, 0.05) is 29.6 Å². The van der Waals surface area contributed by atoms with Crippen molar-refractivity contribution in [3.05, 3.63) is 46.6 Å². The van der Waals surface area contributed by atoms with Crippen molar-refractivity contribution in [3.8, 4) is 0 Å². The van der Waals surface area contributed by atoms with E-state index in [2.05, 4.69) is 34.0 Å². The Labute approximate surface area is 181 Å². The molecule has 0 saturated carbocycles. The largest absolute Gasteiger partial charge is 0.399 e. The highest BCUT2D eigenvalue weighted by atomic mass is 32.1. The maximum absolute atomic E-state index is 13.0. The van der Waals surface area contributed by atoms with E-state index < -0.39 is 5.54 Å². The Hall–Kier alpha value is -2.67. The standard InChI is InChI=1S/C23H29N5OS/c1-14-15(2)30-22-19(14)20(25-13-26-22)28-10-8-16(9-11-28)21(29)27-23(3,4)17-6-5-7-18(24)12-17/h5-7,12-13,16H,8-11,24H2,1-4H3,(H,27,29). The van der Waals surface area contributed by atoms with Crippen molar-refractivity contribution in [2.45, 2.75) is 46.1 Å². The summed E-state index contributed by atoms with van der Waals surface area (Å²) in [5, 5.41) is 4.39. The molecular weight excluding hydrogens is 394 g/mol. The number of rotatable bonds is 4. The van der Waals surface area contributed by atoms with Crippen molar-refractivity contribution in [2.24, 2.45) is 5.92 Å². The number of piperidine rings is 1. The summed E-state index contributed by atoms with van der Waals surface area (Å²) in [7, 11) is 0. The minimum absolute atomic E-state index is 0.00391. The van der Waals surface area contributed by atoms with Gasteiger partial charge in [0.1, 0.15) is 17.0 Å². The maximum Gasteiger partial charge on any atom is 0.223 e. The number of aryl methyl sites for hydroxylation is 2. The highest BCUT2D eigenvalue weighted by molar-refractivity contribution is 7.18. The quantitative estimate of drug-likeness (QED) is 0.616. The van der Waals surface area contributed by atoms with E-state index in [1.54, 1.807) is 17.7 Å². The van der Waals surface area contributed by atoms with Crippen LogP contribution in [0.5, 0.6) is 0 Å². The molecule has 1 aliphatic heterocycles. The van der Waals surface area contributed by atoms with Gasteiger partial charge < -0.3 is 16.0 Å². The minimum Gasteiger partial charge on any atom is -0.399 e. The number of nitrogens with one attached hydrogen (secondary N) is 1. The lowest BCUT2D eigenvalue weighted by Gasteiger charge is -2.35. The van der Waals surface area contributed by atoms with Crippen LogP contribution in [0.15, 0.2) is 30.6 Å². The zero-order valence-electron chi connectivity index (χ0n) is 18.0. The lowest BCUT2D eigenvalue weighted by molar-refractivity contribution is -0.127. The molecule has 3 aromatic rings. The molecule has 158 valence electrons. The number of carbonyl (C=O) groups excluding carboxylic acids is 1. The number of carbonyl (C=O) groups is 1. The summed E-state index contributed by atoms with van der Waals surface area (Å²) in [6.07, 6.45) is 3.28. The van der Waals surface area contributed by atoms with Gasteiger partial charge >= 0.3 is 0 Å². The minimum atomic E-state index is -0.465. The van der Waals surface area contributed by atoms with E-state index in [1.165, 1.54) is 10.4 Å². The molecule has 0 bridgehead atoms. The van der Waals surface area contributed by atoms with Crippen molar-refractivity contribution in [2.75, 3.05) is 23.7 Å². The summed E-state index contributed by atoms with van der Waals surface area (Å²) >= 11 is 1.72. The number of nitrogens with zero attached hydrogens (tertiary/aromatic N) is 3. The SMILES string of the molecule is Cc1sc2ncnc(N3CCC(C(=O)NC(C)(C)c4cccc(N)c4)CC3)c2c1C. The molecule has 30 heavy (non-hydrogen) atoms. The van der Waals surface area contributed by atoms with Crippen LogP contribution >= 0.6 is 11.3 Å². The van der Waals surface area contributed by atoms with Crippen LogP contribution in [0.25, 0.3) is 10.2 Å². The van der Waals surface area contributed by atoms with Crippen molar-refractivity contribution in [1.82, 2.24) is 15.3 Å². The third kappa shape index (κ3) is 3.86. The zero-order chi connectivity index (χ0) is 21.5. The fourth-order valence-corrected chi connectivity index (χ4v) is 5.16. The second-order valence-electron chi connectivity index (χ2n) is 8.66. The molecule has 1 saturated heterocycles. The van der Waals surface area contributed by atoms with E-state index in [-0.39, 0.29) is 11.8 Å². The van der Waals surface area contributed by atoms with Crippen LogP contribution in [-0.2, 0) is 10.3 Å². The molecule has 2 aromatic heterocycles. The van der Waals surface area contributed by atoms with E-state index in [9.17, 15) is 4.79 Å². The fraction of sp³-hybridized carbons (Fsp3) is 0.435. The number of nitrogens with two attached hydrogens (primary N) is 1. The summed E-state index contributed by atoms with van der Waals surface area (Å²) < 4.78 is 0. The first kappa shape index (κ1) is 20.6. The van der Waals surface area contributed by atoms with Crippen molar-refractivity contribution in [3.63, 3.8) is 0 Å². The summed E-state index contributed by atoms with van der Waals surface area (Å²) in [4.78, 5) is 26.7. The number of hydrogen-bond donors (Lipinski definition) is 2. The second-order valence-corrected chi connectivity index (χ2v) is 9.86. The Balaban J connectivity index is 1.44. The maximum atomic E-state index is 13.0. The lowest BCUT2D eigenvalue weighted by Crippen LogP contribution is -2.47. The summed E-state index contributed by atoms with van der Waals surface area (Å²) in [6, 6.07) is 7.71. The second kappa shape index (κ2) is 7.87. The van der Waals surface area contributed by atoms with Crippen LogP contribution in [0.4, 0.5) is 11.5 Å². The molecule has 1 fully saturated rings. The molecule has 0 spiro atoms. The first-order valence-corrected chi connectivity index (χ1v) is 11.2. The number of aromatic nitrogens is 2. The van der Waals surface area contributed by atoms with Crippen LogP contribution in [0.2, 0.25) is 0 Å². The first-order chi connectivity index (χ1) is 14.3. The normalized spacial score (nSPS) is 15.5. The molecule has 1 aromatic carbocycles. The number of benzene rings is 1. The highest BCUT2D eigenvalue weighted by Crippen LogP contribution is 2.35. The molecule has 3 N–H and O–H groups in total. The van der Waals surface area contributed by atoms with Crippen molar-refractivity contribution in [1.29, 1.82) is 0 Å². The van der Waals surface area contributed by atoms with Gasteiger partial charge in [0.05, 0.1) is 10.9 Å². The molecule has 0 unspecified atom stereocenters. The molecule has 0 aliphatic carbocycles. The van der Waals surface area contributed by atoms with Crippen molar-refractivity contribution >= 4 is 39.0 Å². The molecule has 3 heterocycles. The van der Waals surface area contributed by atoms with Gasteiger partial charge in [-0.1, -0.05) is 12.1 Å². The fourth-order valence-electron chi connectivity index (χ4n) is 4.17. The summed E-state index contributed by atoms with van der Waals surface area (Å²) in [6.45, 7) is 9.94. The molecule has 0 atom stereocenters. The van der Waals surface area contributed by atoms with E-state index in [0.29, 0.717) is 5.69 Å². The van der Waals surface area contributed by atoms with Crippen LogP contribution in [0.3, 0.4) is 0 Å². The predicted octanol–water partition coefficient (Wildman–Crippen LogP) is 4.16. The lowest BCUT2D eigenvalue weighted by atomic mass is 9.90. The van der Waals surface area contributed by atoms with Gasteiger partial charge in [0.2, 0.25) is 5.91 Å². The summed E-state index contributed by atoms with van der Waals surface area (Å²) in [5.41, 5.74) is 8.44. The van der Waals surface area contributed by atoms with Crippen LogP contribution in [0, 0.1) is 19.8 Å². The third-order valence-electron chi connectivity index (χ3n) is 6.15. The molecule has 1 aliphatic rings.